The molecule has 142 valence electrons. The highest BCUT2D eigenvalue weighted by Gasteiger charge is 2.27. The fraction of sp³-hybridized carbons (Fsp3) is 0.238. The second kappa shape index (κ2) is 7.16. The zero-order chi connectivity index (χ0) is 19.1. The van der Waals surface area contributed by atoms with Gasteiger partial charge in [-0.05, 0) is 30.5 Å². The molecule has 2 atom stereocenters. The number of benzene rings is 1. The maximum absolute atomic E-state index is 12.9. The molecule has 1 aliphatic heterocycles. The average Bonchev–Trinajstić information content (AvgIpc) is 3.38. The van der Waals surface area contributed by atoms with Gasteiger partial charge in [-0.2, -0.15) is 0 Å². The Morgan fingerprint density at radius 1 is 1.25 bits per heavy atom. The number of hydrogen-bond acceptors (Lipinski definition) is 5. The highest BCUT2D eigenvalue weighted by atomic mass is 32.1. The van der Waals surface area contributed by atoms with Gasteiger partial charge in [0.15, 0.2) is 5.82 Å². The number of hydrogen-bond donors (Lipinski definition) is 2. The van der Waals surface area contributed by atoms with Crippen LogP contribution in [-0.2, 0) is 0 Å². The van der Waals surface area contributed by atoms with Crippen LogP contribution < -0.4 is 15.6 Å². The molecule has 1 aliphatic rings. The molecule has 0 saturated heterocycles. The van der Waals surface area contributed by atoms with E-state index < -0.39 is 0 Å². The topological polar surface area (TPSA) is 71.6 Å². The van der Waals surface area contributed by atoms with Gasteiger partial charge in [0.05, 0.1) is 17.6 Å². The van der Waals surface area contributed by atoms with Crippen molar-refractivity contribution < 1.29 is 10.1 Å². The van der Waals surface area contributed by atoms with Crippen molar-refractivity contribution in [3.05, 3.63) is 68.9 Å². The zero-order valence-corrected chi connectivity index (χ0v) is 17.0. The predicted molar refractivity (Wildman–Crippen MR) is 113 cm³/mol. The van der Waals surface area contributed by atoms with Crippen LogP contribution in [0.3, 0.4) is 0 Å². The normalized spacial score (nSPS) is 17.2. The molecule has 5 rings (SSSR count). The van der Waals surface area contributed by atoms with E-state index in [0.717, 1.165) is 33.3 Å². The summed E-state index contributed by atoms with van der Waals surface area (Å²) in [5.74, 6) is 1.68. The summed E-state index contributed by atoms with van der Waals surface area (Å²) in [6, 6.07) is 12.6. The lowest BCUT2D eigenvalue weighted by Crippen LogP contribution is -2.86. The number of H-pyrrole nitrogens is 1. The number of aromatic nitrogens is 2. The molecule has 0 radical (unpaired) electrons. The van der Waals surface area contributed by atoms with Crippen LogP contribution in [0.15, 0.2) is 52.0 Å². The van der Waals surface area contributed by atoms with Crippen LogP contribution in [0, 0.1) is 0 Å². The number of thiophene rings is 2. The van der Waals surface area contributed by atoms with Gasteiger partial charge < -0.3 is 15.0 Å². The second-order valence-corrected chi connectivity index (χ2v) is 8.83. The maximum atomic E-state index is 12.9. The lowest BCUT2D eigenvalue weighted by Gasteiger charge is -2.26. The van der Waals surface area contributed by atoms with Crippen LogP contribution in [-0.4, -0.2) is 16.6 Å². The van der Waals surface area contributed by atoms with Crippen molar-refractivity contribution in [1.29, 1.82) is 0 Å². The van der Waals surface area contributed by atoms with Gasteiger partial charge in [0.1, 0.15) is 22.7 Å². The number of fused-ring (bicyclic) bond motifs is 2. The molecule has 0 bridgehead atoms. The standard InChI is InChI=1S/C21H19N3O2S2/c1-12(22-15-8-9-26-16-6-3-2-5-13(15)16)19-23-20(25)18-14(11-28-21(18)24-19)17-7-4-10-27-17/h2-7,10-12,15,22H,8-9H2,1H3,(H,23,24,25)/p+1/t12-,15-/m1/s1. The SMILES string of the molecule is C[C@@H]([NH2+][C@@H]1CCOc2ccccc21)c1nc2scc(-c3cccs3)c2c(=O)[nH]1. The number of nitrogens with one attached hydrogen (secondary N) is 1. The van der Waals surface area contributed by atoms with Crippen LogP contribution in [0.2, 0.25) is 0 Å². The first-order valence-electron chi connectivity index (χ1n) is 9.32. The molecule has 28 heavy (non-hydrogen) atoms. The number of nitrogens with zero attached hydrogens (tertiary/aromatic N) is 1. The number of aromatic amines is 1. The molecule has 7 heteroatoms. The Kier molecular flexibility index (Phi) is 4.50. The summed E-state index contributed by atoms with van der Waals surface area (Å²) >= 11 is 3.17. The van der Waals surface area contributed by atoms with Crippen LogP contribution >= 0.6 is 22.7 Å². The van der Waals surface area contributed by atoms with Gasteiger partial charge >= 0.3 is 0 Å². The lowest BCUT2D eigenvalue weighted by molar-refractivity contribution is -0.734. The lowest BCUT2D eigenvalue weighted by atomic mass is 10.00. The van der Waals surface area contributed by atoms with Crippen molar-refractivity contribution in [2.75, 3.05) is 6.61 Å². The Morgan fingerprint density at radius 2 is 2.14 bits per heavy atom. The Morgan fingerprint density at radius 3 is 3.00 bits per heavy atom. The molecule has 3 N–H and O–H groups in total. The highest BCUT2D eigenvalue weighted by molar-refractivity contribution is 7.18. The zero-order valence-electron chi connectivity index (χ0n) is 15.3. The summed E-state index contributed by atoms with van der Waals surface area (Å²) in [6.45, 7) is 2.80. The Labute approximate surface area is 170 Å². The molecule has 1 aromatic carbocycles. The van der Waals surface area contributed by atoms with E-state index in [1.165, 1.54) is 16.9 Å². The molecular weight excluding hydrogens is 390 g/mol. The van der Waals surface area contributed by atoms with Crippen LogP contribution in [0.1, 0.15) is 36.8 Å². The molecule has 0 fully saturated rings. The molecule has 0 spiro atoms. The summed E-state index contributed by atoms with van der Waals surface area (Å²) < 4.78 is 5.77. The van der Waals surface area contributed by atoms with E-state index in [0.29, 0.717) is 18.0 Å². The van der Waals surface area contributed by atoms with E-state index in [-0.39, 0.29) is 11.6 Å². The third kappa shape index (κ3) is 3.05. The van der Waals surface area contributed by atoms with Gasteiger partial charge in [0.2, 0.25) is 0 Å². The van der Waals surface area contributed by atoms with Gasteiger partial charge in [-0.25, -0.2) is 4.98 Å². The molecule has 3 aromatic heterocycles. The average molecular weight is 411 g/mol. The fourth-order valence-electron chi connectivity index (χ4n) is 3.80. The predicted octanol–water partition coefficient (Wildman–Crippen LogP) is 3.86. The van der Waals surface area contributed by atoms with E-state index in [1.807, 2.05) is 41.1 Å². The minimum Gasteiger partial charge on any atom is -0.493 e. The molecule has 0 saturated carbocycles. The first kappa shape index (κ1) is 17.6. The molecule has 4 aromatic rings. The minimum absolute atomic E-state index is 0.0422. The van der Waals surface area contributed by atoms with E-state index in [1.54, 1.807) is 11.3 Å². The molecule has 5 nitrogen and oxygen atoms in total. The first-order chi connectivity index (χ1) is 13.7. The minimum atomic E-state index is -0.0581. The molecule has 0 unspecified atom stereocenters. The van der Waals surface area contributed by atoms with Gasteiger partial charge in [-0.1, -0.05) is 18.2 Å². The van der Waals surface area contributed by atoms with E-state index in [9.17, 15) is 4.79 Å². The monoisotopic (exact) mass is 410 g/mol. The summed E-state index contributed by atoms with van der Waals surface area (Å²) in [6.07, 6.45) is 0.940. The van der Waals surface area contributed by atoms with Gasteiger partial charge in [-0.3, -0.25) is 4.79 Å². The van der Waals surface area contributed by atoms with Gasteiger partial charge in [0.25, 0.3) is 5.56 Å². The maximum Gasteiger partial charge on any atom is 0.260 e. The van der Waals surface area contributed by atoms with Crippen molar-refractivity contribution in [3.8, 4) is 16.2 Å². The van der Waals surface area contributed by atoms with Crippen LogP contribution in [0.5, 0.6) is 5.75 Å². The van der Waals surface area contributed by atoms with Crippen molar-refractivity contribution >= 4 is 32.9 Å². The third-order valence-corrected chi connectivity index (χ3v) is 6.98. The summed E-state index contributed by atoms with van der Waals surface area (Å²) in [4.78, 5) is 22.6. The van der Waals surface area contributed by atoms with Crippen LogP contribution in [0.25, 0.3) is 20.7 Å². The van der Waals surface area contributed by atoms with Gasteiger partial charge in [0, 0.05) is 22.2 Å². The summed E-state index contributed by atoms with van der Waals surface area (Å²) in [5, 5.41) is 7.03. The van der Waals surface area contributed by atoms with E-state index >= 15 is 0 Å². The fourth-order valence-corrected chi connectivity index (χ4v) is 5.57. The quantitative estimate of drug-likeness (QED) is 0.537. The number of para-hydroxylation sites is 1. The summed E-state index contributed by atoms with van der Waals surface area (Å²) in [5.41, 5.74) is 2.13. The number of ether oxygens (including phenoxy) is 1. The Balaban J connectivity index is 1.46. The van der Waals surface area contributed by atoms with E-state index in [4.69, 9.17) is 9.72 Å². The molecule has 4 heterocycles. The van der Waals surface area contributed by atoms with Crippen molar-refractivity contribution in [1.82, 2.24) is 9.97 Å². The Hall–Kier alpha value is -2.48. The van der Waals surface area contributed by atoms with Gasteiger partial charge in [-0.15, -0.1) is 22.7 Å². The number of quaternary nitrogens is 1. The molecular formula is C21H20N3O2S2+. The van der Waals surface area contributed by atoms with E-state index in [2.05, 4.69) is 23.3 Å². The van der Waals surface area contributed by atoms with Crippen molar-refractivity contribution in [2.24, 2.45) is 0 Å². The Bertz CT molecular complexity index is 1180. The van der Waals surface area contributed by atoms with Crippen molar-refractivity contribution in [3.63, 3.8) is 0 Å². The second-order valence-electron chi connectivity index (χ2n) is 7.02. The number of nitrogens with two attached hydrogens (primary N) is 1. The number of rotatable bonds is 4. The first-order valence-corrected chi connectivity index (χ1v) is 11.1. The third-order valence-electron chi connectivity index (χ3n) is 5.21. The van der Waals surface area contributed by atoms with Crippen LogP contribution in [0.4, 0.5) is 0 Å². The molecule has 0 aliphatic carbocycles. The highest BCUT2D eigenvalue weighted by Crippen LogP contribution is 2.34. The smallest absolute Gasteiger partial charge is 0.260 e. The largest absolute Gasteiger partial charge is 0.493 e. The van der Waals surface area contributed by atoms with Crippen molar-refractivity contribution in [2.45, 2.75) is 25.4 Å². The summed E-state index contributed by atoms with van der Waals surface area (Å²) in [7, 11) is 0. The molecule has 0 amide bonds.